The molecular weight excluding hydrogens is 382 g/mol. The summed E-state index contributed by atoms with van der Waals surface area (Å²) in [4.78, 5) is 20.1. The van der Waals surface area contributed by atoms with E-state index in [1.54, 1.807) is 21.8 Å². The Morgan fingerprint density at radius 1 is 1.27 bits per heavy atom. The number of amides is 1. The van der Waals surface area contributed by atoms with E-state index in [-0.39, 0.29) is 23.8 Å². The SMILES string of the molecule is C[C@@H]1CN(c2nc(-c3cnn(C4COC4)c3)cn3nccc23)C(=O)[C@]1(C#N)C1CC1. The van der Waals surface area contributed by atoms with E-state index in [2.05, 4.69) is 16.3 Å². The van der Waals surface area contributed by atoms with Crippen molar-refractivity contribution < 1.29 is 9.53 Å². The number of nitrogens with zero attached hydrogens (tertiary/aromatic N) is 7. The molecule has 2 atom stereocenters. The number of rotatable bonds is 4. The lowest BCUT2D eigenvalue weighted by Gasteiger charge is -2.25. The normalized spacial score (nSPS) is 26.9. The van der Waals surface area contributed by atoms with E-state index < -0.39 is 5.41 Å². The fourth-order valence-electron chi connectivity index (χ4n) is 4.78. The van der Waals surface area contributed by atoms with Crippen LogP contribution in [0, 0.1) is 28.6 Å². The second-order valence-corrected chi connectivity index (χ2v) is 8.58. The number of hydrogen-bond acceptors (Lipinski definition) is 6. The Morgan fingerprint density at radius 2 is 2.10 bits per heavy atom. The van der Waals surface area contributed by atoms with Gasteiger partial charge in [0.15, 0.2) is 5.82 Å². The van der Waals surface area contributed by atoms with E-state index in [1.165, 1.54) is 0 Å². The monoisotopic (exact) mass is 403 g/mol. The lowest BCUT2D eigenvalue weighted by atomic mass is 9.75. The molecule has 2 aliphatic heterocycles. The summed E-state index contributed by atoms with van der Waals surface area (Å²) in [5, 5.41) is 18.8. The molecule has 0 unspecified atom stereocenters. The second kappa shape index (κ2) is 6.12. The lowest BCUT2D eigenvalue weighted by molar-refractivity contribution is -0.124. The Labute approximate surface area is 172 Å². The average Bonchev–Trinajstić information content (AvgIpc) is 3.15. The van der Waals surface area contributed by atoms with Gasteiger partial charge in [-0.15, -0.1) is 0 Å². The van der Waals surface area contributed by atoms with E-state index in [4.69, 9.17) is 9.72 Å². The van der Waals surface area contributed by atoms with Crippen molar-refractivity contribution in [3.63, 3.8) is 0 Å². The van der Waals surface area contributed by atoms with Gasteiger partial charge in [0.25, 0.3) is 0 Å². The number of carbonyl (C=O) groups is 1. The number of aromatic nitrogens is 5. The first-order valence-electron chi connectivity index (χ1n) is 10.3. The van der Waals surface area contributed by atoms with Crippen LogP contribution in [0.5, 0.6) is 0 Å². The number of hydrogen-bond donors (Lipinski definition) is 0. The van der Waals surface area contributed by atoms with Crippen LogP contribution in [-0.2, 0) is 9.53 Å². The van der Waals surface area contributed by atoms with Gasteiger partial charge in [-0.25, -0.2) is 9.50 Å². The van der Waals surface area contributed by atoms with Crippen molar-refractivity contribution in [1.82, 2.24) is 24.4 Å². The summed E-state index contributed by atoms with van der Waals surface area (Å²) in [7, 11) is 0. The van der Waals surface area contributed by atoms with E-state index in [1.807, 2.05) is 30.1 Å². The van der Waals surface area contributed by atoms with Gasteiger partial charge < -0.3 is 4.74 Å². The van der Waals surface area contributed by atoms with Gasteiger partial charge >= 0.3 is 0 Å². The van der Waals surface area contributed by atoms with Crippen LogP contribution < -0.4 is 4.90 Å². The van der Waals surface area contributed by atoms with Crippen LogP contribution in [0.25, 0.3) is 16.8 Å². The Balaban J connectivity index is 1.44. The van der Waals surface area contributed by atoms with Crippen molar-refractivity contribution in [2.75, 3.05) is 24.7 Å². The summed E-state index contributed by atoms with van der Waals surface area (Å²) in [5.41, 5.74) is 1.36. The molecule has 0 spiro atoms. The number of anilines is 1. The lowest BCUT2D eigenvalue weighted by Crippen LogP contribution is -2.37. The molecule has 3 aliphatic rings. The molecule has 1 aliphatic carbocycles. The standard InChI is InChI=1S/C21H21N7O2/c1-13-7-26(20(29)21(13,12-22)15-2-3-15)19-18-4-5-23-28(18)9-17(25-19)14-6-24-27(8-14)16-10-30-11-16/h4-6,8-9,13,15-16H,2-3,7,10-11H2,1H3/t13-,21+/m1/s1. The fourth-order valence-corrected chi connectivity index (χ4v) is 4.78. The maximum absolute atomic E-state index is 13.5. The highest BCUT2D eigenvalue weighted by Gasteiger charge is 2.61. The molecule has 0 bridgehead atoms. The zero-order valence-electron chi connectivity index (χ0n) is 16.6. The van der Waals surface area contributed by atoms with Crippen molar-refractivity contribution in [2.24, 2.45) is 17.3 Å². The van der Waals surface area contributed by atoms with Crippen LogP contribution in [0.2, 0.25) is 0 Å². The summed E-state index contributed by atoms with van der Waals surface area (Å²) < 4.78 is 8.89. The molecule has 0 aromatic carbocycles. The average molecular weight is 403 g/mol. The number of fused-ring (bicyclic) bond motifs is 1. The molecule has 3 aromatic heterocycles. The highest BCUT2D eigenvalue weighted by molar-refractivity contribution is 6.04. The van der Waals surface area contributed by atoms with Crippen LogP contribution in [0.1, 0.15) is 25.8 Å². The number of nitriles is 1. The molecule has 152 valence electrons. The van der Waals surface area contributed by atoms with Crippen molar-refractivity contribution in [3.05, 3.63) is 30.9 Å². The highest BCUT2D eigenvalue weighted by atomic mass is 16.5. The van der Waals surface area contributed by atoms with Gasteiger partial charge in [-0.3, -0.25) is 14.4 Å². The van der Waals surface area contributed by atoms with E-state index in [0.717, 1.165) is 23.9 Å². The molecule has 1 amide bonds. The van der Waals surface area contributed by atoms with Crippen molar-refractivity contribution in [2.45, 2.75) is 25.8 Å². The zero-order valence-corrected chi connectivity index (χ0v) is 16.6. The molecule has 3 aromatic rings. The van der Waals surface area contributed by atoms with Gasteiger partial charge in [0.05, 0.1) is 49.6 Å². The summed E-state index contributed by atoms with van der Waals surface area (Å²) in [6.07, 6.45) is 9.15. The van der Waals surface area contributed by atoms with Gasteiger partial charge in [0.1, 0.15) is 10.9 Å². The molecular formula is C21H21N7O2. The van der Waals surface area contributed by atoms with Gasteiger partial charge in [0, 0.05) is 24.2 Å². The minimum absolute atomic E-state index is 0.0442. The highest BCUT2D eigenvalue weighted by Crippen LogP contribution is 2.54. The minimum Gasteiger partial charge on any atom is -0.377 e. The predicted octanol–water partition coefficient (Wildman–Crippen LogP) is 2.07. The van der Waals surface area contributed by atoms with Gasteiger partial charge in [-0.05, 0) is 24.8 Å². The molecule has 6 rings (SSSR count). The van der Waals surface area contributed by atoms with Crippen molar-refractivity contribution >= 4 is 17.2 Å². The third kappa shape index (κ3) is 2.31. The Morgan fingerprint density at radius 3 is 2.80 bits per heavy atom. The summed E-state index contributed by atoms with van der Waals surface area (Å²) in [6.45, 7) is 3.81. The maximum atomic E-state index is 13.5. The smallest absolute Gasteiger partial charge is 0.249 e. The van der Waals surface area contributed by atoms with Gasteiger partial charge in [-0.1, -0.05) is 6.92 Å². The fraction of sp³-hybridized carbons (Fsp3) is 0.476. The minimum atomic E-state index is -0.941. The van der Waals surface area contributed by atoms with E-state index in [9.17, 15) is 10.1 Å². The van der Waals surface area contributed by atoms with Crippen LogP contribution in [0.4, 0.5) is 5.82 Å². The zero-order chi connectivity index (χ0) is 20.5. The molecule has 30 heavy (non-hydrogen) atoms. The van der Waals surface area contributed by atoms with Crippen LogP contribution in [-0.4, -0.2) is 50.0 Å². The first kappa shape index (κ1) is 17.6. The van der Waals surface area contributed by atoms with Crippen molar-refractivity contribution in [3.8, 4) is 17.3 Å². The molecule has 2 saturated heterocycles. The third-order valence-electron chi connectivity index (χ3n) is 6.76. The molecule has 9 heteroatoms. The molecule has 5 heterocycles. The Kier molecular flexibility index (Phi) is 3.59. The molecule has 9 nitrogen and oxygen atoms in total. The number of carbonyl (C=O) groups excluding carboxylic acids is 1. The van der Waals surface area contributed by atoms with E-state index >= 15 is 0 Å². The van der Waals surface area contributed by atoms with E-state index in [0.29, 0.717) is 31.3 Å². The van der Waals surface area contributed by atoms with Crippen LogP contribution in [0.15, 0.2) is 30.9 Å². The topological polar surface area (TPSA) is 101 Å². The summed E-state index contributed by atoms with van der Waals surface area (Å²) in [6, 6.07) is 4.49. The third-order valence-corrected chi connectivity index (χ3v) is 6.76. The molecule has 0 N–H and O–H groups in total. The summed E-state index contributed by atoms with van der Waals surface area (Å²) >= 11 is 0. The summed E-state index contributed by atoms with van der Waals surface area (Å²) in [5.74, 6) is 0.536. The van der Waals surface area contributed by atoms with Gasteiger partial charge in [0.2, 0.25) is 5.91 Å². The first-order valence-corrected chi connectivity index (χ1v) is 10.3. The first-order chi connectivity index (χ1) is 14.6. The van der Waals surface area contributed by atoms with Crippen molar-refractivity contribution in [1.29, 1.82) is 5.26 Å². The molecule has 3 fully saturated rings. The number of ether oxygens (including phenoxy) is 1. The van der Waals surface area contributed by atoms with Gasteiger partial charge in [-0.2, -0.15) is 15.5 Å². The Bertz CT molecular complexity index is 1200. The maximum Gasteiger partial charge on any atom is 0.249 e. The van der Waals surface area contributed by atoms with Crippen LogP contribution in [0.3, 0.4) is 0 Å². The molecule has 0 radical (unpaired) electrons. The van der Waals surface area contributed by atoms with Crippen LogP contribution >= 0.6 is 0 Å². The quantitative estimate of drug-likeness (QED) is 0.661. The predicted molar refractivity (Wildman–Crippen MR) is 106 cm³/mol. The Hall–Kier alpha value is -3.25. The second-order valence-electron chi connectivity index (χ2n) is 8.58. The molecule has 1 saturated carbocycles. The largest absolute Gasteiger partial charge is 0.377 e.